The van der Waals surface area contributed by atoms with Crippen molar-refractivity contribution in [2.75, 3.05) is 0 Å². The molecule has 0 saturated heterocycles. The molecule has 0 amide bonds. The summed E-state index contributed by atoms with van der Waals surface area (Å²) in [5.74, 6) is 0. The summed E-state index contributed by atoms with van der Waals surface area (Å²) in [6.45, 7) is 0. The van der Waals surface area contributed by atoms with E-state index < -0.39 is 18.7 Å². The van der Waals surface area contributed by atoms with E-state index in [4.69, 9.17) is 28.3 Å². The fraction of sp³-hybridized carbons (Fsp3) is 0.333. The zero-order valence-electron chi connectivity index (χ0n) is 7.35. The summed E-state index contributed by atoms with van der Waals surface area (Å²) in [7, 11) is 0. The molecule has 1 nitrogen and oxygen atoms in total. The van der Waals surface area contributed by atoms with Gasteiger partial charge in [-0.2, -0.15) is 13.2 Å². The Morgan fingerprint density at radius 2 is 1.87 bits per heavy atom. The highest BCUT2D eigenvalue weighted by Crippen LogP contribution is 2.29. The molecule has 0 fully saturated rings. The second-order valence-electron chi connectivity index (χ2n) is 2.97. The van der Waals surface area contributed by atoms with Gasteiger partial charge in [0.1, 0.15) is 0 Å². The van der Waals surface area contributed by atoms with Gasteiger partial charge in [0.05, 0.1) is 10.0 Å². The third-order valence-corrected chi connectivity index (χ3v) is 2.68. The van der Waals surface area contributed by atoms with Gasteiger partial charge < -0.3 is 5.11 Å². The third kappa shape index (κ3) is 3.26. The Balaban J connectivity index is 2.86. The molecule has 84 valence electrons. The molecule has 0 unspecified atom stereocenters. The molecule has 0 spiro atoms. The average Bonchev–Trinajstić information content (AvgIpc) is 2.11. The molecule has 0 heterocycles. The van der Waals surface area contributed by atoms with Crippen LogP contribution in [0.3, 0.4) is 0 Å². The quantitative estimate of drug-likeness (QED) is 0.862. The molecular formula is C9H7Cl2F3O. The molecule has 1 N–H and O–H groups in total. The van der Waals surface area contributed by atoms with Crippen LogP contribution in [0.1, 0.15) is 5.56 Å². The Morgan fingerprint density at radius 1 is 1.27 bits per heavy atom. The Labute approximate surface area is 94.4 Å². The van der Waals surface area contributed by atoms with Crippen LogP contribution in [0.15, 0.2) is 18.2 Å². The van der Waals surface area contributed by atoms with Crippen molar-refractivity contribution >= 4 is 23.2 Å². The summed E-state index contributed by atoms with van der Waals surface area (Å²) >= 11 is 11.3. The highest BCUT2D eigenvalue weighted by atomic mass is 35.5. The lowest BCUT2D eigenvalue weighted by Gasteiger charge is -2.15. The zero-order valence-corrected chi connectivity index (χ0v) is 8.87. The Kier molecular flexibility index (Phi) is 3.87. The fourth-order valence-electron chi connectivity index (χ4n) is 1.03. The summed E-state index contributed by atoms with van der Waals surface area (Å²) in [5, 5.41) is 9.04. The van der Waals surface area contributed by atoms with Gasteiger partial charge in [-0.3, -0.25) is 0 Å². The first-order valence-electron chi connectivity index (χ1n) is 4.00. The predicted molar refractivity (Wildman–Crippen MR) is 52.2 cm³/mol. The van der Waals surface area contributed by atoms with Gasteiger partial charge in [-0.15, -0.1) is 0 Å². The van der Waals surface area contributed by atoms with Crippen molar-refractivity contribution in [1.29, 1.82) is 0 Å². The van der Waals surface area contributed by atoms with Crippen molar-refractivity contribution in [3.8, 4) is 0 Å². The minimum atomic E-state index is -4.65. The van der Waals surface area contributed by atoms with E-state index in [2.05, 4.69) is 0 Å². The van der Waals surface area contributed by atoms with Gasteiger partial charge in [0.25, 0.3) is 0 Å². The molecule has 0 aliphatic heterocycles. The maximum atomic E-state index is 12.0. The number of halogens is 5. The summed E-state index contributed by atoms with van der Waals surface area (Å²) in [6.07, 6.45) is -7.66. The molecule has 6 heteroatoms. The highest BCUT2D eigenvalue weighted by molar-refractivity contribution is 6.42. The molecule has 0 aromatic heterocycles. The van der Waals surface area contributed by atoms with Crippen LogP contribution < -0.4 is 0 Å². The molecule has 1 aromatic rings. The van der Waals surface area contributed by atoms with Crippen LogP contribution in [-0.4, -0.2) is 17.4 Å². The lowest BCUT2D eigenvalue weighted by Crippen LogP contribution is -2.30. The summed E-state index contributed by atoms with van der Waals surface area (Å²) in [6, 6.07) is 4.34. The van der Waals surface area contributed by atoms with E-state index in [1.165, 1.54) is 18.2 Å². The lowest BCUT2D eigenvalue weighted by molar-refractivity contribution is -0.203. The molecule has 0 bridgehead atoms. The van der Waals surface area contributed by atoms with Gasteiger partial charge in [0.15, 0.2) is 6.10 Å². The van der Waals surface area contributed by atoms with Gasteiger partial charge in [0.2, 0.25) is 0 Å². The van der Waals surface area contributed by atoms with Crippen molar-refractivity contribution < 1.29 is 18.3 Å². The second-order valence-corrected chi connectivity index (χ2v) is 3.76. The average molecular weight is 259 g/mol. The largest absolute Gasteiger partial charge is 0.414 e. The van der Waals surface area contributed by atoms with Gasteiger partial charge in [0, 0.05) is 6.42 Å². The van der Waals surface area contributed by atoms with Crippen LogP contribution in [0.2, 0.25) is 10.0 Å². The van der Waals surface area contributed by atoms with E-state index in [0.29, 0.717) is 0 Å². The number of aliphatic hydroxyl groups excluding tert-OH is 1. The molecule has 1 aromatic carbocycles. The maximum absolute atomic E-state index is 12.0. The number of aliphatic hydroxyl groups is 1. The van der Waals surface area contributed by atoms with Crippen molar-refractivity contribution in [3.63, 3.8) is 0 Å². The van der Waals surface area contributed by atoms with Gasteiger partial charge >= 0.3 is 6.18 Å². The van der Waals surface area contributed by atoms with E-state index in [1.54, 1.807) is 0 Å². The smallest absolute Gasteiger partial charge is 0.383 e. The van der Waals surface area contributed by atoms with Crippen LogP contribution in [0.4, 0.5) is 13.2 Å². The van der Waals surface area contributed by atoms with Crippen LogP contribution in [-0.2, 0) is 6.42 Å². The number of rotatable bonds is 2. The number of hydrogen-bond acceptors (Lipinski definition) is 1. The minimum Gasteiger partial charge on any atom is -0.383 e. The molecule has 15 heavy (non-hydrogen) atoms. The molecule has 0 aliphatic carbocycles. The van der Waals surface area contributed by atoms with Crippen molar-refractivity contribution in [2.24, 2.45) is 0 Å². The Morgan fingerprint density at radius 3 is 2.40 bits per heavy atom. The van der Waals surface area contributed by atoms with Crippen molar-refractivity contribution in [1.82, 2.24) is 0 Å². The summed E-state index contributed by atoms with van der Waals surface area (Å²) < 4.78 is 36.1. The molecule has 0 saturated carbocycles. The standard InChI is InChI=1S/C9H7Cl2F3O/c10-6-3-1-2-5(8(6)11)4-7(15)9(12,13)14/h1-3,7,15H,4H2/t7-/m1/s1. The van der Waals surface area contributed by atoms with Gasteiger partial charge in [-0.1, -0.05) is 35.3 Å². The van der Waals surface area contributed by atoms with Crippen molar-refractivity contribution in [2.45, 2.75) is 18.7 Å². The summed E-state index contributed by atoms with van der Waals surface area (Å²) in [5.41, 5.74) is 0.175. The molecular weight excluding hydrogens is 252 g/mol. The highest BCUT2D eigenvalue weighted by Gasteiger charge is 2.38. The third-order valence-electron chi connectivity index (χ3n) is 1.82. The topological polar surface area (TPSA) is 20.2 Å². The van der Waals surface area contributed by atoms with Crippen LogP contribution >= 0.6 is 23.2 Å². The van der Waals surface area contributed by atoms with E-state index in [0.717, 1.165) is 0 Å². The molecule has 0 radical (unpaired) electrons. The van der Waals surface area contributed by atoms with E-state index in [9.17, 15) is 13.2 Å². The van der Waals surface area contributed by atoms with Crippen LogP contribution in [0, 0.1) is 0 Å². The van der Waals surface area contributed by atoms with E-state index in [1.807, 2.05) is 0 Å². The Bertz CT molecular complexity index is 352. The van der Waals surface area contributed by atoms with Crippen LogP contribution in [0.5, 0.6) is 0 Å². The fourth-order valence-corrected chi connectivity index (χ4v) is 1.43. The molecule has 1 atom stereocenters. The minimum absolute atomic E-state index is 0.0440. The first-order valence-corrected chi connectivity index (χ1v) is 4.75. The number of benzene rings is 1. The maximum Gasteiger partial charge on any atom is 0.414 e. The predicted octanol–water partition coefficient (Wildman–Crippen LogP) is 3.46. The molecule has 0 aliphatic rings. The summed E-state index contributed by atoms with van der Waals surface area (Å²) in [4.78, 5) is 0. The van der Waals surface area contributed by atoms with E-state index >= 15 is 0 Å². The van der Waals surface area contributed by atoms with Crippen LogP contribution in [0.25, 0.3) is 0 Å². The van der Waals surface area contributed by atoms with E-state index in [-0.39, 0.29) is 15.6 Å². The second kappa shape index (κ2) is 4.60. The normalized spacial score (nSPS) is 14.0. The molecule has 1 rings (SSSR count). The first kappa shape index (κ1) is 12.6. The number of hydrogen-bond donors (Lipinski definition) is 1. The lowest BCUT2D eigenvalue weighted by atomic mass is 10.1. The SMILES string of the molecule is O[C@H](Cc1cccc(Cl)c1Cl)C(F)(F)F. The van der Waals surface area contributed by atoms with Gasteiger partial charge in [-0.25, -0.2) is 0 Å². The Hall–Kier alpha value is -0.450. The van der Waals surface area contributed by atoms with Gasteiger partial charge in [-0.05, 0) is 11.6 Å². The number of alkyl halides is 3. The monoisotopic (exact) mass is 258 g/mol. The first-order chi connectivity index (χ1) is 6.82. The zero-order chi connectivity index (χ0) is 11.6. The van der Waals surface area contributed by atoms with Crippen molar-refractivity contribution in [3.05, 3.63) is 33.8 Å².